The molecule has 0 spiro atoms. The second-order valence-electron chi connectivity index (χ2n) is 4.36. The predicted molar refractivity (Wildman–Crippen MR) is 63.2 cm³/mol. The maximum absolute atomic E-state index is 11.5. The second kappa shape index (κ2) is 3.56. The fourth-order valence-electron chi connectivity index (χ4n) is 2.51. The Balaban J connectivity index is 2.15. The molecule has 0 radical (unpaired) electrons. The highest BCUT2D eigenvalue weighted by Crippen LogP contribution is 2.37. The number of nitrogens with zero attached hydrogens (tertiary/aromatic N) is 4. The van der Waals surface area contributed by atoms with Gasteiger partial charge in [0.15, 0.2) is 5.82 Å². The molecule has 2 aliphatic rings. The van der Waals surface area contributed by atoms with Gasteiger partial charge in [-0.1, -0.05) is 0 Å². The fourth-order valence-corrected chi connectivity index (χ4v) is 2.51. The van der Waals surface area contributed by atoms with E-state index in [0.717, 1.165) is 19.5 Å². The maximum atomic E-state index is 11.5. The van der Waals surface area contributed by atoms with Crippen molar-refractivity contribution in [3.8, 4) is 0 Å². The van der Waals surface area contributed by atoms with Crippen molar-refractivity contribution in [2.75, 3.05) is 22.9 Å². The summed E-state index contributed by atoms with van der Waals surface area (Å²) in [5.74, 6) is -0.460. The van der Waals surface area contributed by atoms with Crippen LogP contribution in [0.15, 0.2) is 6.20 Å². The van der Waals surface area contributed by atoms with E-state index in [-0.39, 0.29) is 11.9 Å². The van der Waals surface area contributed by atoms with Crippen LogP contribution in [0, 0.1) is 0 Å². The van der Waals surface area contributed by atoms with Gasteiger partial charge in [-0.05, 0) is 6.42 Å². The number of aromatic nitrogens is 2. The van der Waals surface area contributed by atoms with Crippen LogP contribution in [0.1, 0.15) is 17.0 Å². The summed E-state index contributed by atoms with van der Waals surface area (Å²) in [6.07, 6.45) is 2.34. The molecule has 3 amide bonds. The van der Waals surface area contributed by atoms with Gasteiger partial charge in [-0.25, -0.2) is 14.8 Å². The lowest BCUT2D eigenvalue weighted by molar-refractivity contribution is 0.0990. The van der Waals surface area contributed by atoms with Crippen LogP contribution in [0.25, 0.3) is 0 Å². The predicted octanol–water partition coefficient (Wildman–Crippen LogP) is -0.947. The van der Waals surface area contributed by atoms with Crippen LogP contribution in [-0.4, -0.2) is 41.0 Å². The second-order valence-corrected chi connectivity index (χ2v) is 4.36. The summed E-state index contributed by atoms with van der Waals surface area (Å²) in [6, 6.07) is -0.567. The number of primary amides is 2. The zero-order valence-electron chi connectivity index (χ0n) is 9.54. The first-order valence-corrected chi connectivity index (χ1v) is 5.58. The van der Waals surface area contributed by atoms with E-state index in [2.05, 4.69) is 14.9 Å². The Morgan fingerprint density at radius 3 is 2.83 bits per heavy atom. The lowest BCUT2D eigenvalue weighted by atomic mass is 10.2. The van der Waals surface area contributed by atoms with Gasteiger partial charge in [0, 0.05) is 13.1 Å². The number of carbonyl (C=O) groups excluding carboxylic acids is 2. The van der Waals surface area contributed by atoms with E-state index in [1.165, 1.54) is 11.1 Å². The molecule has 1 atom stereocenters. The van der Waals surface area contributed by atoms with Crippen molar-refractivity contribution in [3.63, 3.8) is 0 Å². The molecule has 1 unspecified atom stereocenters. The van der Waals surface area contributed by atoms with Crippen molar-refractivity contribution in [1.29, 1.82) is 0 Å². The van der Waals surface area contributed by atoms with E-state index >= 15 is 0 Å². The molecule has 18 heavy (non-hydrogen) atoms. The largest absolute Gasteiger partial charge is 0.365 e. The van der Waals surface area contributed by atoms with Crippen molar-refractivity contribution >= 4 is 23.4 Å². The highest BCUT2D eigenvalue weighted by Gasteiger charge is 2.39. The lowest BCUT2D eigenvalue weighted by Crippen LogP contribution is -2.49. The normalized spacial score (nSPS) is 20.8. The highest BCUT2D eigenvalue weighted by molar-refractivity contribution is 5.97. The zero-order chi connectivity index (χ0) is 12.9. The molecule has 1 saturated heterocycles. The first-order valence-electron chi connectivity index (χ1n) is 5.58. The monoisotopic (exact) mass is 248 g/mol. The van der Waals surface area contributed by atoms with Crippen LogP contribution in [0.5, 0.6) is 0 Å². The summed E-state index contributed by atoms with van der Waals surface area (Å²) >= 11 is 0. The zero-order valence-corrected chi connectivity index (χ0v) is 9.54. The number of amides is 3. The summed E-state index contributed by atoms with van der Waals surface area (Å²) in [5.41, 5.74) is 11.2. The first-order chi connectivity index (χ1) is 8.58. The van der Waals surface area contributed by atoms with Crippen molar-refractivity contribution in [2.24, 2.45) is 11.5 Å². The molecular weight excluding hydrogens is 236 g/mol. The van der Waals surface area contributed by atoms with Gasteiger partial charge in [0.2, 0.25) is 5.82 Å². The van der Waals surface area contributed by atoms with E-state index in [9.17, 15) is 9.59 Å². The summed E-state index contributed by atoms with van der Waals surface area (Å²) in [7, 11) is 0. The summed E-state index contributed by atoms with van der Waals surface area (Å²) in [4.78, 5) is 34.1. The van der Waals surface area contributed by atoms with Gasteiger partial charge in [0.25, 0.3) is 5.91 Å². The standard InChI is InChI=1S/C10H12N6O2/c11-7(17)8-13-3-6-9(14-8)16(10(12)18)5-1-2-15(6)4-5/h3,5H,1-2,4H2,(H2,11,17)(H2,12,18). The van der Waals surface area contributed by atoms with Gasteiger partial charge in [-0.2, -0.15) is 0 Å². The van der Waals surface area contributed by atoms with Gasteiger partial charge < -0.3 is 16.4 Å². The summed E-state index contributed by atoms with van der Waals surface area (Å²) in [6.45, 7) is 1.54. The molecule has 4 N–H and O–H groups in total. The van der Waals surface area contributed by atoms with Gasteiger partial charge in [-0.3, -0.25) is 9.69 Å². The number of fused-ring (bicyclic) bond motifs is 4. The number of hydrogen-bond acceptors (Lipinski definition) is 5. The van der Waals surface area contributed by atoms with Crippen LogP contribution >= 0.6 is 0 Å². The van der Waals surface area contributed by atoms with Crippen LogP contribution < -0.4 is 21.3 Å². The van der Waals surface area contributed by atoms with Gasteiger partial charge in [0.1, 0.15) is 0 Å². The quantitative estimate of drug-likeness (QED) is 0.664. The third-order valence-corrected chi connectivity index (χ3v) is 3.31. The lowest BCUT2D eigenvalue weighted by Gasteiger charge is -2.34. The minimum absolute atomic E-state index is 0.00521. The van der Waals surface area contributed by atoms with E-state index in [4.69, 9.17) is 11.5 Å². The molecule has 2 bridgehead atoms. The molecule has 8 nitrogen and oxygen atoms in total. The summed E-state index contributed by atoms with van der Waals surface area (Å²) in [5, 5.41) is 0. The van der Waals surface area contributed by atoms with E-state index in [1.54, 1.807) is 0 Å². The van der Waals surface area contributed by atoms with Crippen LogP contribution in [0.2, 0.25) is 0 Å². The molecule has 0 aliphatic carbocycles. The highest BCUT2D eigenvalue weighted by atomic mass is 16.2. The maximum Gasteiger partial charge on any atom is 0.320 e. The molecule has 1 aromatic heterocycles. The number of rotatable bonds is 1. The number of hydrogen-bond donors (Lipinski definition) is 2. The number of carbonyl (C=O) groups is 2. The van der Waals surface area contributed by atoms with Crippen LogP contribution in [-0.2, 0) is 0 Å². The van der Waals surface area contributed by atoms with Gasteiger partial charge >= 0.3 is 6.03 Å². The molecule has 2 aliphatic heterocycles. The number of anilines is 2. The Bertz CT molecular complexity index is 545. The average molecular weight is 248 g/mol. The Labute approximate surface area is 103 Å². The van der Waals surface area contributed by atoms with E-state index < -0.39 is 11.9 Å². The van der Waals surface area contributed by atoms with E-state index in [0.29, 0.717) is 11.5 Å². The average Bonchev–Trinajstić information content (AvgIpc) is 2.73. The minimum Gasteiger partial charge on any atom is -0.365 e. The molecule has 94 valence electrons. The smallest absolute Gasteiger partial charge is 0.320 e. The number of urea groups is 1. The van der Waals surface area contributed by atoms with Crippen molar-refractivity contribution in [1.82, 2.24) is 9.97 Å². The fraction of sp³-hybridized carbons (Fsp3) is 0.400. The van der Waals surface area contributed by atoms with Crippen LogP contribution in [0.3, 0.4) is 0 Å². The Kier molecular flexibility index (Phi) is 2.12. The first kappa shape index (κ1) is 10.8. The summed E-state index contributed by atoms with van der Waals surface area (Å²) < 4.78 is 0. The SMILES string of the molecule is NC(=O)c1ncc2c(n1)N(C(N)=O)C1CCN2C1. The van der Waals surface area contributed by atoms with Gasteiger partial charge in [0.05, 0.1) is 17.9 Å². The minimum atomic E-state index is -0.727. The number of nitrogens with two attached hydrogens (primary N) is 2. The topological polar surface area (TPSA) is 118 Å². The third kappa shape index (κ3) is 1.38. The molecule has 8 heteroatoms. The van der Waals surface area contributed by atoms with Crippen molar-refractivity contribution < 1.29 is 9.59 Å². The molecule has 1 aromatic rings. The Morgan fingerprint density at radius 1 is 1.39 bits per heavy atom. The Hall–Kier alpha value is -2.38. The van der Waals surface area contributed by atoms with E-state index in [1.807, 2.05) is 0 Å². The van der Waals surface area contributed by atoms with Gasteiger partial charge in [-0.15, -0.1) is 0 Å². The van der Waals surface area contributed by atoms with Crippen LogP contribution in [0.4, 0.5) is 16.3 Å². The van der Waals surface area contributed by atoms with Crippen molar-refractivity contribution in [2.45, 2.75) is 12.5 Å². The third-order valence-electron chi connectivity index (χ3n) is 3.31. The molecule has 1 fully saturated rings. The molecule has 0 aromatic carbocycles. The van der Waals surface area contributed by atoms with Crippen molar-refractivity contribution in [3.05, 3.63) is 12.0 Å². The molecule has 3 rings (SSSR count). The molecule has 3 heterocycles. The molecule has 0 saturated carbocycles. The Morgan fingerprint density at radius 2 is 2.17 bits per heavy atom. The molecular formula is C10H12N6O2.